The fourth-order valence-corrected chi connectivity index (χ4v) is 4.66. The lowest BCUT2D eigenvalue weighted by molar-refractivity contribution is 0.100. The molecule has 2 heterocycles. The third kappa shape index (κ3) is 4.75. The van der Waals surface area contributed by atoms with Crippen LogP contribution in [0.4, 0.5) is 0 Å². The Morgan fingerprint density at radius 3 is 2.40 bits per heavy atom. The molecule has 4 rings (SSSR count). The Balaban J connectivity index is 1.84. The summed E-state index contributed by atoms with van der Waals surface area (Å²) in [5.41, 5.74) is 3.76. The fourth-order valence-electron chi connectivity index (χ4n) is 3.59. The van der Waals surface area contributed by atoms with Gasteiger partial charge in [-0.1, -0.05) is 60.3 Å². The molecule has 0 radical (unpaired) electrons. The van der Waals surface area contributed by atoms with E-state index in [0.29, 0.717) is 11.1 Å². The number of aliphatic imine (C=N–C) groups is 1. The molecule has 1 unspecified atom stereocenters. The van der Waals surface area contributed by atoms with Crippen molar-refractivity contribution in [2.75, 3.05) is 19.5 Å². The fraction of sp³-hybridized carbons (Fsp3) is 0.154. The highest BCUT2D eigenvalue weighted by Crippen LogP contribution is 2.38. The Hall–Kier alpha value is -4.13. The van der Waals surface area contributed by atoms with Crippen molar-refractivity contribution in [3.05, 3.63) is 104 Å². The average molecular weight is 486 g/mol. The molecule has 0 saturated carbocycles. The zero-order chi connectivity index (χ0) is 25.1. The minimum atomic E-state index is -0.809. The molecule has 0 spiro atoms. The maximum atomic E-state index is 12.9. The summed E-state index contributed by atoms with van der Waals surface area (Å²) in [6.45, 7) is 1.60. The highest BCUT2D eigenvalue weighted by molar-refractivity contribution is 8.05. The van der Waals surface area contributed by atoms with Gasteiger partial charge in [0.05, 0.1) is 5.71 Å². The van der Waals surface area contributed by atoms with Gasteiger partial charge in [0.25, 0.3) is 11.5 Å². The van der Waals surface area contributed by atoms with Gasteiger partial charge in [-0.15, -0.1) is 0 Å². The van der Waals surface area contributed by atoms with E-state index in [1.165, 1.54) is 11.8 Å². The molecule has 2 aromatic carbocycles. The van der Waals surface area contributed by atoms with Crippen LogP contribution in [-0.4, -0.2) is 45.9 Å². The molecule has 0 saturated heterocycles. The standard InChI is InChI=1S/C26H23N5O3S/c1-16-19(14-21-22(17-10-6-4-7-11-17)28-26(35-21)30(2)3)24(33)31(25(34)20(16)15-27)29-23(32)18-12-8-5-9-13-18/h4-14,26,33H,1-3H3,(H,29,32). The first-order chi connectivity index (χ1) is 16.8. The molecule has 0 aliphatic carbocycles. The van der Waals surface area contributed by atoms with Crippen LogP contribution in [0.2, 0.25) is 0 Å². The number of pyridine rings is 1. The van der Waals surface area contributed by atoms with Crippen LogP contribution < -0.4 is 11.0 Å². The molecule has 0 bridgehead atoms. The van der Waals surface area contributed by atoms with Crippen molar-refractivity contribution < 1.29 is 9.90 Å². The van der Waals surface area contributed by atoms with Gasteiger partial charge in [0.2, 0.25) is 5.88 Å². The molecule has 2 N–H and O–H groups in total. The summed E-state index contributed by atoms with van der Waals surface area (Å²) in [7, 11) is 3.84. The van der Waals surface area contributed by atoms with Crippen LogP contribution in [0.25, 0.3) is 6.08 Å². The summed E-state index contributed by atoms with van der Waals surface area (Å²) in [5, 5.41) is 20.8. The van der Waals surface area contributed by atoms with Crippen LogP contribution in [0.15, 0.2) is 75.4 Å². The number of aromatic nitrogens is 1. The minimum absolute atomic E-state index is 0.173. The Kier molecular flexibility index (Phi) is 6.87. The SMILES string of the molecule is Cc1c(C=C2SC(N(C)C)N=C2c2ccccc2)c(O)n(NC(=O)c2ccccc2)c(=O)c1C#N. The van der Waals surface area contributed by atoms with Crippen molar-refractivity contribution in [1.29, 1.82) is 5.26 Å². The Bertz CT molecular complexity index is 1440. The van der Waals surface area contributed by atoms with E-state index in [1.807, 2.05) is 55.4 Å². The molecular weight excluding hydrogens is 462 g/mol. The molecule has 1 amide bonds. The molecule has 0 fully saturated rings. The van der Waals surface area contributed by atoms with Crippen LogP contribution in [0.3, 0.4) is 0 Å². The minimum Gasteiger partial charge on any atom is -0.493 e. The van der Waals surface area contributed by atoms with Gasteiger partial charge in [-0.2, -0.15) is 9.94 Å². The Morgan fingerprint density at radius 2 is 1.80 bits per heavy atom. The first-order valence-electron chi connectivity index (χ1n) is 10.7. The van der Waals surface area contributed by atoms with Gasteiger partial charge in [-0.3, -0.25) is 24.9 Å². The summed E-state index contributed by atoms with van der Waals surface area (Å²) in [4.78, 5) is 33.2. The number of amides is 1. The molecular formula is C26H23N5O3S. The number of hydrogen-bond acceptors (Lipinski definition) is 7. The highest BCUT2D eigenvalue weighted by atomic mass is 32.2. The monoisotopic (exact) mass is 485 g/mol. The number of benzene rings is 2. The second-order valence-corrected chi connectivity index (χ2v) is 9.15. The van der Waals surface area contributed by atoms with Crippen LogP contribution in [0.5, 0.6) is 5.88 Å². The molecule has 3 aromatic rings. The van der Waals surface area contributed by atoms with Gasteiger partial charge < -0.3 is 5.11 Å². The van der Waals surface area contributed by atoms with E-state index in [0.717, 1.165) is 20.9 Å². The normalized spacial score (nSPS) is 16.3. The summed E-state index contributed by atoms with van der Waals surface area (Å²) >= 11 is 1.48. The lowest BCUT2D eigenvalue weighted by Gasteiger charge is -2.16. The van der Waals surface area contributed by atoms with Crippen LogP contribution in [0, 0.1) is 18.3 Å². The van der Waals surface area contributed by atoms with Gasteiger partial charge in [-0.05, 0) is 44.8 Å². The van der Waals surface area contributed by atoms with Crippen molar-refractivity contribution >= 4 is 29.5 Å². The number of rotatable bonds is 5. The van der Waals surface area contributed by atoms with E-state index >= 15 is 0 Å². The van der Waals surface area contributed by atoms with E-state index in [1.54, 1.807) is 43.3 Å². The lowest BCUT2D eigenvalue weighted by Crippen LogP contribution is -2.35. The van der Waals surface area contributed by atoms with Gasteiger partial charge in [-0.25, -0.2) is 0 Å². The van der Waals surface area contributed by atoms with Crippen molar-refractivity contribution in [1.82, 2.24) is 9.58 Å². The van der Waals surface area contributed by atoms with Crippen molar-refractivity contribution in [2.24, 2.45) is 4.99 Å². The maximum Gasteiger partial charge on any atom is 0.290 e. The summed E-state index contributed by atoms with van der Waals surface area (Å²) in [6, 6.07) is 19.8. The number of aromatic hydroxyl groups is 1. The zero-order valence-electron chi connectivity index (χ0n) is 19.4. The molecule has 1 aliphatic heterocycles. The number of allylic oxidation sites excluding steroid dienone is 1. The third-order valence-electron chi connectivity index (χ3n) is 5.48. The van der Waals surface area contributed by atoms with Gasteiger partial charge in [0.15, 0.2) is 5.50 Å². The van der Waals surface area contributed by atoms with Crippen molar-refractivity contribution in [3.63, 3.8) is 0 Å². The second kappa shape index (κ2) is 10.0. The van der Waals surface area contributed by atoms with Crippen LogP contribution in [-0.2, 0) is 0 Å². The molecule has 35 heavy (non-hydrogen) atoms. The number of nitriles is 1. The lowest BCUT2D eigenvalue weighted by atomic mass is 10.0. The summed E-state index contributed by atoms with van der Waals surface area (Å²) < 4.78 is 0.718. The summed E-state index contributed by atoms with van der Waals surface area (Å²) in [5.74, 6) is -1.06. The number of nitrogens with one attached hydrogen (secondary N) is 1. The summed E-state index contributed by atoms with van der Waals surface area (Å²) in [6.07, 6.45) is 1.70. The van der Waals surface area contributed by atoms with E-state index in [2.05, 4.69) is 5.43 Å². The van der Waals surface area contributed by atoms with Crippen LogP contribution >= 0.6 is 11.8 Å². The zero-order valence-corrected chi connectivity index (χ0v) is 20.2. The van der Waals surface area contributed by atoms with E-state index < -0.39 is 17.3 Å². The van der Waals surface area contributed by atoms with Gasteiger partial charge in [0, 0.05) is 21.6 Å². The maximum absolute atomic E-state index is 12.9. The Morgan fingerprint density at radius 1 is 1.17 bits per heavy atom. The third-order valence-corrected chi connectivity index (χ3v) is 6.78. The largest absolute Gasteiger partial charge is 0.493 e. The molecule has 1 aliphatic rings. The first kappa shape index (κ1) is 24.0. The van der Waals surface area contributed by atoms with E-state index in [4.69, 9.17) is 4.99 Å². The first-order valence-corrected chi connectivity index (χ1v) is 11.6. The predicted octanol–water partition coefficient (Wildman–Crippen LogP) is 3.54. The molecule has 1 atom stereocenters. The molecule has 1 aromatic heterocycles. The quantitative estimate of drug-likeness (QED) is 0.572. The van der Waals surface area contributed by atoms with E-state index in [9.17, 15) is 20.0 Å². The average Bonchev–Trinajstić information content (AvgIpc) is 3.30. The second-order valence-electron chi connectivity index (χ2n) is 8.06. The molecule has 176 valence electrons. The number of thioether (sulfide) groups is 1. The van der Waals surface area contributed by atoms with Gasteiger partial charge in [0.1, 0.15) is 11.6 Å². The van der Waals surface area contributed by atoms with Crippen LogP contribution in [0.1, 0.15) is 32.6 Å². The number of nitrogens with zero attached hydrogens (tertiary/aromatic N) is 4. The highest BCUT2D eigenvalue weighted by Gasteiger charge is 2.28. The number of carbonyl (C=O) groups is 1. The smallest absolute Gasteiger partial charge is 0.290 e. The predicted molar refractivity (Wildman–Crippen MR) is 138 cm³/mol. The number of carbonyl (C=O) groups excluding carboxylic acids is 1. The number of hydrogen-bond donors (Lipinski definition) is 2. The van der Waals surface area contributed by atoms with Crippen molar-refractivity contribution in [2.45, 2.75) is 12.4 Å². The Labute approximate surface area is 206 Å². The van der Waals surface area contributed by atoms with E-state index in [-0.39, 0.29) is 16.6 Å². The molecule has 8 nitrogen and oxygen atoms in total. The molecule has 9 heteroatoms. The van der Waals surface area contributed by atoms with Gasteiger partial charge >= 0.3 is 0 Å². The van der Waals surface area contributed by atoms with Crippen molar-refractivity contribution in [3.8, 4) is 11.9 Å². The topological polar surface area (TPSA) is 111 Å².